The van der Waals surface area contributed by atoms with Gasteiger partial charge in [-0.25, -0.2) is 0 Å². The zero-order valence-electron chi connectivity index (χ0n) is 17.3. The molecule has 0 spiro atoms. The predicted molar refractivity (Wildman–Crippen MR) is 110 cm³/mol. The number of carbonyl (C=O) groups is 2. The highest BCUT2D eigenvalue weighted by Crippen LogP contribution is 2.29. The molecule has 2 amide bonds. The van der Waals surface area contributed by atoms with E-state index in [-0.39, 0.29) is 24.5 Å². The molecule has 0 aromatic heterocycles. The Labute approximate surface area is 166 Å². The van der Waals surface area contributed by atoms with Crippen molar-refractivity contribution in [3.8, 4) is 11.5 Å². The molecular weight excluding hydrogens is 356 g/mol. The summed E-state index contributed by atoms with van der Waals surface area (Å²) in [6.45, 7) is 9.60. The lowest BCUT2D eigenvalue weighted by molar-refractivity contribution is -0.115. The smallest absolute Gasteiger partial charge is 0.251 e. The fraction of sp³-hybridized carbons (Fsp3) is 0.364. The normalized spacial score (nSPS) is 10.5. The molecule has 0 fully saturated rings. The van der Waals surface area contributed by atoms with Crippen molar-refractivity contribution in [2.75, 3.05) is 19.0 Å². The van der Waals surface area contributed by atoms with Crippen molar-refractivity contribution in [2.45, 2.75) is 40.7 Å². The lowest BCUT2D eigenvalue weighted by Crippen LogP contribution is -2.33. The summed E-state index contributed by atoms with van der Waals surface area (Å²) in [6.07, 6.45) is -0.00837. The molecule has 28 heavy (non-hydrogen) atoms. The van der Waals surface area contributed by atoms with E-state index < -0.39 is 0 Å². The zero-order chi connectivity index (χ0) is 20.8. The molecule has 0 unspecified atom stereocenters. The van der Waals surface area contributed by atoms with Crippen molar-refractivity contribution in [1.29, 1.82) is 0 Å². The number of carbonyl (C=O) groups excluding carboxylic acids is 2. The van der Waals surface area contributed by atoms with E-state index in [0.29, 0.717) is 17.1 Å². The Hall–Kier alpha value is -3.02. The fourth-order valence-corrected chi connectivity index (χ4v) is 2.98. The summed E-state index contributed by atoms with van der Waals surface area (Å²) in [5.41, 5.74) is 4.29. The van der Waals surface area contributed by atoms with Crippen LogP contribution in [0.4, 0.5) is 5.69 Å². The van der Waals surface area contributed by atoms with E-state index >= 15 is 0 Å². The summed E-state index contributed by atoms with van der Waals surface area (Å²) in [7, 11) is 1.52. The van der Waals surface area contributed by atoms with Crippen molar-refractivity contribution in [2.24, 2.45) is 0 Å². The van der Waals surface area contributed by atoms with E-state index in [2.05, 4.69) is 10.6 Å². The second kappa shape index (κ2) is 9.26. The van der Waals surface area contributed by atoms with Gasteiger partial charge in [-0.1, -0.05) is 17.7 Å². The number of methoxy groups -OCH3 is 1. The number of anilines is 1. The van der Waals surface area contributed by atoms with Gasteiger partial charge < -0.3 is 20.1 Å². The number of hydrogen-bond donors (Lipinski definition) is 2. The second-order valence-electron chi connectivity index (χ2n) is 7.04. The molecule has 0 aliphatic rings. The van der Waals surface area contributed by atoms with Gasteiger partial charge in [0.15, 0.2) is 11.5 Å². The Bertz CT molecular complexity index is 852. The van der Waals surface area contributed by atoms with Crippen molar-refractivity contribution in [1.82, 2.24) is 5.32 Å². The molecule has 0 bridgehead atoms. The van der Waals surface area contributed by atoms with Gasteiger partial charge in [0, 0.05) is 11.3 Å². The molecule has 0 aliphatic heterocycles. The van der Waals surface area contributed by atoms with Gasteiger partial charge in [0.05, 0.1) is 19.8 Å². The van der Waals surface area contributed by atoms with Crippen LogP contribution in [0, 0.1) is 20.8 Å². The maximum Gasteiger partial charge on any atom is 0.251 e. The van der Waals surface area contributed by atoms with Gasteiger partial charge in [-0.15, -0.1) is 0 Å². The standard InChI is InChI=1S/C22H28N2O4/c1-13(2)28-18-8-7-17(11-19(18)27-6)22(26)23-12-20(25)24-21-15(4)9-14(3)10-16(21)5/h7-11,13H,12H2,1-6H3,(H,23,26)(H,24,25). The van der Waals surface area contributed by atoms with E-state index in [9.17, 15) is 9.59 Å². The number of benzene rings is 2. The fourth-order valence-electron chi connectivity index (χ4n) is 2.98. The molecule has 0 aliphatic carbocycles. The van der Waals surface area contributed by atoms with Crippen LogP contribution in [0.25, 0.3) is 0 Å². The lowest BCUT2D eigenvalue weighted by Gasteiger charge is -2.15. The third kappa shape index (κ3) is 5.49. The van der Waals surface area contributed by atoms with Crippen LogP contribution in [0.2, 0.25) is 0 Å². The second-order valence-corrected chi connectivity index (χ2v) is 7.04. The summed E-state index contributed by atoms with van der Waals surface area (Å²) in [5.74, 6) is 0.394. The predicted octanol–water partition coefficient (Wildman–Crippen LogP) is 3.78. The van der Waals surface area contributed by atoms with Crippen molar-refractivity contribution < 1.29 is 19.1 Å². The third-order valence-electron chi connectivity index (χ3n) is 4.14. The van der Waals surface area contributed by atoms with Crippen LogP contribution in [0.5, 0.6) is 11.5 Å². The molecule has 2 N–H and O–H groups in total. The van der Waals surface area contributed by atoms with Gasteiger partial charge >= 0.3 is 0 Å². The minimum atomic E-state index is -0.359. The Balaban J connectivity index is 2.01. The Morgan fingerprint density at radius 1 is 1.00 bits per heavy atom. The van der Waals surface area contributed by atoms with E-state index in [1.165, 1.54) is 7.11 Å². The van der Waals surface area contributed by atoms with Gasteiger partial charge in [0.2, 0.25) is 5.91 Å². The summed E-state index contributed by atoms with van der Waals surface area (Å²) in [6, 6.07) is 8.94. The lowest BCUT2D eigenvalue weighted by atomic mass is 10.1. The molecular formula is C22H28N2O4. The van der Waals surface area contributed by atoms with Crippen molar-refractivity contribution in [3.63, 3.8) is 0 Å². The molecule has 6 heteroatoms. The first kappa shape index (κ1) is 21.3. The SMILES string of the molecule is COc1cc(C(=O)NCC(=O)Nc2c(C)cc(C)cc2C)ccc1OC(C)C. The summed E-state index contributed by atoms with van der Waals surface area (Å²) in [4.78, 5) is 24.7. The molecule has 0 heterocycles. The first-order valence-electron chi connectivity index (χ1n) is 9.21. The number of rotatable bonds is 7. The third-order valence-corrected chi connectivity index (χ3v) is 4.14. The highest BCUT2D eigenvalue weighted by molar-refractivity contribution is 6.00. The van der Waals surface area contributed by atoms with Gasteiger partial charge in [-0.3, -0.25) is 9.59 Å². The first-order valence-corrected chi connectivity index (χ1v) is 9.21. The van der Waals surface area contributed by atoms with Gasteiger partial charge in [0.25, 0.3) is 5.91 Å². The monoisotopic (exact) mass is 384 g/mol. The van der Waals surface area contributed by atoms with Crippen LogP contribution in [0.3, 0.4) is 0 Å². The summed E-state index contributed by atoms with van der Waals surface area (Å²) in [5, 5.41) is 5.50. The zero-order valence-corrected chi connectivity index (χ0v) is 17.3. The summed E-state index contributed by atoms with van der Waals surface area (Å²) < 4.78 is 10.9. The van der Waals surface area contributed by atoms with Gasteiger partial charge in [-0.2, -0.15) is 0 Å². The molecule has 2 aromatic carbocycles. The maximum absolute atomic E-state index is 12.4. The molecule has 0 radical (unpaired) electrons. The van der Waals surface area contributed by atoms with E-state index in [0.717, 1.165) is 22.4 Å². The Kier molecular flexibility index (Phi) is 7.04. The Morgan fingerprint density at radius 2 is 1.64 bits per heavy atom. The highest BCUT2D eigenvalue weighted by Gasteiger charge is 2.14. The van der Waals surface area contributed by atoms with E-state index in [1.54, 1.807) is 18.2 Å². The minimum Gasteiger partial charge on any atom is -0.493 e. The van der Waals surface area contributed by atoms with Crippen LogP contribution in [0.15, 0.2) is 30.3 Å². The average Bonchev–Trinajstić information content (AvgIpc) is 2.62. The highest BCUT2D eigenvalue weighted by atomic mass is 16.5. The topological polar surface area (TPSA) is 76.7 Å². The van der Waals surface area contributed by atoms with Crippen molar-refractivity contribution >= 4 is 17.5 Å². The van der Waals surface area contributed by atoms with Gasteiger partial charge in [-0.05, 0) is 63.9 Å². The van der Waals surface area contributed by atoms with Crippen LogP contribution < -0.4 is 20.1 Å². The van der Waals surface area contributed by atoms with Crippen molar-refractivity contribution in [3.05, 3.63) is 52.6 Å². The number of aryl methyl sites for hydroxylation is 3. The van der Waals surface area contributed by atoms with Gasteiger partial charge in [0.1, 0.15) is 0 Å². The Morgan fingerprint density at radius 3 is 2.21 bits per heavy atom. The average molecular weight is 384 g/mol. The van der Waals surface area contributed by atoms with Crippen LogP contribution in [-0.2, 0) is 4.79 Å². The molecule has 0 saturated heterocycles. The largest absolute Gasteiger partial charge is 0.493 e. The summed E-state index contributed by atoms with van der Waals surface area (Å²) >= 11 is 0. The van der Waals surface area contributed by atoms with Crippen LogP contribution in [-0.4, -0.2) is 31.6 Å². The number of nitrogens with one attached hydrogen (secondary N) is 2. The number of amides is 2. The van der Waals surface area contributed by atoms with Crippen LogP contribution >= 0.6 is 0 Å². The quantitative estimate of drug-likeness (QED) is 0.762. The first-order chi connectivity index (χ1) is 13.2. The van der Waals surface area contributed by atoms with Crippen LogP contribution in [0.1, 0.15) is 40.9 Å². The number of hydrogen-bond acceptors (Lipinski definition) is 4. The molecule has 6 nitrogen and oxygen atoms in total. The minimum absolute atomic E-state index is 0.00837. The molecule has 2 rings (SSSR count). The maximum atomic E-state index is 12.4. The molecule has 0 saturated carbocycles. The molecule has 2 aromatic rings. The molecule has 0 atom stereocenters. The molecule has 150 valence electrons. The van der Waals surface area contributed by atoms with E-state index in [1.807, 2.05) is 46.8 Å². The number of ether oxygens (including phenoxy) is 2. The van der Waals surface area contributed by atoms with E-state index in [4.69, 9.17) is 9.47 Å².